The molecule has 88 valence electrons. The number of allylic oxidation sites excluding steroid dienone is 2. The molecule has 1 heteroatoms. The molecule has 0 nitrogen and oxygen atoms in total. The average Bonchev–Trinajstić information content (AvgIpc) is 2.59. The first-order valence-corrected chi connectivity index (χ1v) is 6.38. The molecule has 15 heavy (non-hydrogen) atoms. The van der Waals surface area contributed by atoms with Crippen LogP contribution in [0.2, 0.25) is 0 Å². The molecule has 0 spiro atoms. The molecule has 1 aliphatic carbocycles. The van der Waals surface area contributed by atoms with Gasteiger partial charge in [-0.15, -0.1) is 0 Å². The Bertz CT molecular complexity index is 231. The van der Waals surface area contributed by atoms with Crippen LogP contribution in [-0.4, -0.2) is 6.17 Å². The van der Waals surface area contributed by atoms with E-state index < -0.39 is 6.17 Å². The summed E-state index contributed by atoms with van der Waals surface area (Å²) in [5, 5.41) is 0. The second-order valence-electron chi connectivity index (χ2n) is 5.19. The Kier molecular flexibility index (Phi) is 4.36. The van der Waals surface area contributed by atoms with Crippen LogP contribution in [0.25, 0.3) is 0 Å². The number of rotatable bonds is 5. The molecule has 0 N–H and O–H groups in total. The molecule has 0 saturated carbocycles. The van der Waals surface area contributed by atoms with E-state index in [1.807, 2.05) is 6.92 Å². The second-order valence-corrected chi connectivity index (χ2v) is 5.19. The molecule has 0 unspecified atom stereocenters. The largest absolute Gasteiger partial charge is 0.247 e. The highest BCUT2D eigenvalue weighted by atomic mass is 19.1. The van der Waals surface area contributed by atoms with Crippen molar-refractivity contribution in [3.8, 4) is 0 Å². The predicted molar refractivity (Wildman–Crippen MR) is 64.7 cm³/mol. The molecule has 0 aromatic rings. The Labute approximate surface area is 94.0 Å². The van der Waals surface area contributed by atoms with E-state index in [9.17, 15) is 4.39 Å². The van der Waals surface area contributed by atoms with Gasteiger partial charge < -0.3 is 0 Å². The third-order valence-corrected chi connectivity index (χ3v) is 4.07. The van der Waals surface area contributed by atoms with Crippen LogP contribution in [0.5, 0.6) is 0 Å². The minimum Gasteiger partial charge on any atom is -0.247 e. The van der Waals surface area contributed by atoms with Crippen molar-refractivity contribution >= 4 is 0 Å². The number of halogens is 1. The highest BCUT2D eigenvalue weighted by Gasteiger charge is 2.39. The maximum absolute atomic E-state index is 13.8. The lowest BCUT2D eigenvalue weighted by atomic mass is 9.70. The Morgan fingerprint density at radius 2 is 2.13 bits per heavy atom. The maximum Gasteiger partial charge on any atom is 0.103 e. The summed E-state index contributed by atoms with van der Waals surface area (Å²) in [6.45, 7) is 8.43. The highest BCUT2D eigenvalue weighted by Crippen LogP contribution is 2.47. The van der Waals surface area contributed by atoms with E-state index >= 15 is 0 Å². The zero-order valence-corrected chi connectivity index (χ0v) is 10.6. The van der Waals surface area contributed by atoms with Gasteiger partial charge in [0, 0.05) is 0 Å². The molecule has 3 atom stereocenters. The predicted octanol–water partition coefficient (Wildman–Crippen LogP) is 4.90. The van der Waals surface area contributed by atoms with Gasteiger partial charge in [0.25, 0.3) is 0 Å². The molecular formula is C14H25F. The summed E-state index contributed by atoms with van der Waals surface area (Å²) in [6, 6.07) is 0. The van der Waals surface area contributed by atoms with Crippen LogP contribution >= 0.6 is 0 Å². The topological polar surface area (TPSA) is 0 Å². The average molecular weight is 212 g/mol. The summed E-state index contributed by atoms with van der Waals surface area (Å²) < 4.78 is 13.8. The molecule has 1 rings (SSSR count). The third kappa shape index (κ3) is 2.62. The second kappa shape index (κ2) is 5.14. The fraction of sp³-hybridized carbons (Fsp3) is 0.857. The van der Waals surface area contributed by atoms with Crippen molar-refractivity contribution in [1.29, 1.82) is 0 Å². The van der Waals surface area contributed by atoms with Crippen LogP contribution in [0.15, 0.2) is 11.6 Å². The smallest absolute Gasteiger partial charge is 0.103 e. The minimum absolute atomic E-state index is 0.161. The number of hydrogen-bond acceptors (Lipinski definition) is 0. The van der Waals surface area contributed by atoms with Crippen LogP contribution in [0.3, 0.4) is 0 Å². The van der Waals surface area contributed by atoms with Gasteiger partial charge >= 0.3 is 0 Å². The van der Waals surface area contributed by atoms with Gasteiger partial charge in [-0.3, -0.25) is 0 Å². The van der Waals surface area contributed by atoms with E-state index in [-0.39, 0.29) is 11.3 Å². The minimum atomic E-state index is -0.640. The van der Waals surface area contributed by atoms with Gasteiger partial charge in [0.1, 0.15) is 6.17 Å². The Morgan fingerprint density at radius 3 is 2.53 bits per heavy atom. The van der Waals surface area contributed by atoms with Crippen LogP contribution < -0.4 is 0 Å². The van der Waals surface area contributed by atoms with Gasteiger partial charge in [0.15, 0.2) is 0 Å². The van der Waals surface area contributed by atoms with Gasteiger partial charge in [-0.2, -0.15) is 0 Å². The number of alkyl halides is 1. The van der Waals surface area contributed by atoms with Gasteiger partial charge in [-0.25, -0.2) is 4.39 Å². The summed E-state index contributed by atoms with van der Waals surface area (Å²) in [5.41, 5.74) is 1.62. The third-order valence-electron chi connectivity index (χ3n) is 4.07. The maximum atomic E-state index is 13.8. The molecule has 0 heterocycles. The normalized spacial score (nSPS) is 30.1. The standard InChI is InChI=1S/C14H25F/c1-5-8-14(9-7-11(3)10-14)12(4)13(15)6-2/h10,12-13H,5-9H2,1-4H3/t12-,13+,14+/m1/s1. The van der Waals surface area contributed by atoms with Crippen molar-refractivity contribution in [2.24, 2.45) is 11.3 Å². The summed E-state index contributed by atoms with van der Waals surface area (Å²) in [6.07, 6.45) is 7.01. The highest BCUT2D eigenvalue weighted by molar-refractivity contribution is 5.17. The van der Waals surface area contributed by atoms with Crippen molar-refractivity contribution in [2.75, 3.05) is 0 Å². The lowest BCUT2D eigenvalue weighted by Crippen LogP contribution is -2.31. The Hall–Kier alpha value is -0.330. The molecule has 0 saturated heterocycles. The van der Waals surface area contributed by atoms with E-state index in [1.54, 1.807) is 0 Å². The number of hydrogen-bond donors (Lipinski definition) is 0. The van der Waals surface area contributed by atoms with Gasteiger partial charge in [0.05, 0.1) is 0 Å². The summed E-state index contributed by atoms with van der Waals surface area (Å²) in [4.78, 5) is 0. The van der Waals surface area contributed by atoms with Gasteiger partial charge in [-0.1, -0.05) is 38.8 Å². The van der Waals surface area contributed by atoms with E-state index in [0.717, 1.165) is 19.3 Å². The van der Waals surface area contributed by atoms with Gasteiger partial charge in [-0.05, 0) is 43.9 Å². The monoisotopic (exact) mass is 212 g/mol. The van der Waals surface area contributed by atoms with Crippen molar-refractivity contribution in [3.05, 3.63) is 11.6 Å². The quantitative estimate of drug-likeness (QED) is 0.569. The summed E-state index contributed by atoms with van der Waals surface area (Å²) >= 11 is 0. The molecule has 0 bridgehead atoms. The van der Waals surface area contributed by atoms with Crippen LogP contribution in [0.1, 0.15) is 59.8 Å². The molecule has 1 aliphatic rings. The zero-order valence-electron chi connectivity index (χ0n) is 10.6. The van der Waals surface area contributed by atoms with E-state index in [1.165, 1.54) is 12.0 Å². The lowest BCUT2D eigenvalue weighted by Gasteiger charge is -2.35. The zero-order chi connectivity index (χ0) is 11.5. The first-order chi connectivity index (χ1) is 7.05. The first kappa shape index (κ1) is 12.7. The summed E-state index contributed by atoms with van der Waals surface area (Å²) in [7, 11) is 0. The van der Waals surface area contributed by atoms with Crippen molar-refractivity contribution in [3.63, 3.8) is 0 Å². The van der Waals surface area contributed by atoms with E-state index in [2.05, 4.69) is 26.8 Å². The summed E-state index contributed by atoms with van der Waals surface area (Å²) in [5.74, 6) is 0.180. The van der Waals surface area contributed by atoms with Crippen LogP contribution in [0.4, 0.5) is 4.39 Å². The van der Waals surface area contributed by atoms with Crippen molar-refractivity contribution in [2.45, 2.75) is 66.0 Å². The molecule has 0 radical (unpaired) electrons. The van der Waals surface area contributed by atoms with Crippen molar-refractivity contribution in [1.82, 2.24) is 0 Å². The molecule has 0 aliphatic heterocycles. The van der Waals surface area contributed by atoms with Crippen LogP contribution in [0, 0.1) is 11.3 Å². The van der Waals surface area contributed by atoms with Gasteiger partial charge in [0.2, 0.25) is 0 Å². The lowest BCUT2D eigenvalue weighted by molar-refractivity contribution is 0.111. The van der Waals surface area contributed by atoms with E-state index in [0.29, 0.717) is 6.42 Å². The van der Waals surface area contributed by atoms with E-state index in [4.69, 9.17) is 0 Å². The van der Waals surface area contributed by atoms with Crippen LogP contribution in [-0.2, 0) is 0 Å². The molecule has 0 aromatic carbocycles. The molecular weight excluding hydrogens is 187 g/mol. The Morgan fingerprint density at radius 1 is 1.47 bits per heavy atom. The Balaban J connectivity index is 2.82. The van der Waals surface area contributed by atoms with Crippen molar-refractivity contribution < 1.29 is 4.39 Å². The molecule has 0 amide bonds. The fourth-order valence-electron chi connectivity index (χ4n) is 3.03. The molecule has 0 aromatic heterocycles. The first-order valence-electron chi connectivity index (χ1n) is 6.38. The fourth-order valence-corrected chi connectivity index (χ4v) is 3.03. The SMILES string of the molecule is CCC[C@@]1([C@H](C)[C@@H](F)CC)C=C(C)CC1. The molecule has 0 fully saturated rings.